The van der Waals surface area contributed by atoms with E-state index in [9.17, 15) is 0 Å². The molecule has 1 aromatic rings. The van der Waals surface area contributed by atoms with Crippen molar-refractivity contribution in [2.45, 2.75) is 52.9 Å². The van der Waals surface area contributed by atoms with Crippen LogP contribution in [0.3, 0.4) is 0 Å². The average molecular weight is 220 g/mol. The third-order valence-electron chi connectivity index (χ3n) is 2.77. The molecule has 0 aliphatic rings. The number of ether oxygens (including phenoxy) is 1. The molecular weight excluding hydrogens is 196 g/mol. The van der Waals surface area contributed by atoms with E-state index in [1.807, 2.05) is 0 Å². The van der Waals surface area contributed by atoms with Gasteiger partial charge in [-0.05, 0) is 42.0 Å². The maximum atomic E-state index is 5.69. The third kappa shape index (κ3) is 3.55. The largest absolute Gasteiger partial charge is 0.494 e. The van der Waals surface area contributed by atoms with E-state index in [1.165, 1.54) is 17.5 Å². The fourth-order valence-electron chi connectivity index (χ4n) is 1.90. The molecular formula is C15H24O. The van der Waals surface area contributed by atoms with Gasteiger partial charge in [-0.2, -0.15) is 0 Å². The summed E-state index contributed by atoms with van der Waals surface area (Å²) in [6.45, 7) is 11.9. The van der Waals surface area contributed by atoms with Crippen molar-refractivity contribution in [2.24, 2.45) is 0 Å². The van der Waals surface area contributed by atoms with Gasteiger partial charge >= 0.3 is 0 Å². The van der Waals surface area contributed by atoms with Gasteiger partial charge in [0.2, 0.25) is 0 Å². The second kappa shape index (κ2) is 5.38. The molecule has 0 amide bonds. The van der Waals surface area contributed by atoms with E-state index in [-0.39, 0.29) is 5.41 Å². The molecule has 1 rings (SSSR count). The van der Waals surface area contributed by atoms with Crippen LogP contribution < -0.4 is 4.74 Å². The van der Waals surface area contributed by atoms with Gasteiger partial charge in [0.25, 0.3) is 0 Å². The summed E-state index contributed by atoms with van der Waals surface area (Å²) in [7, 11) is 0. The standard InChI is InChI=1S/C15H24O/c1-6-7-10-16-13-8-9-14(12(2)11-13)15(3,4)5/h8-9,11H,6-7,10H2,1-5H3. The molecule has 0 spiro atoms. The minimum Gasteiger partial charge on any atom is -0.494 e. The fraction of sp³-hybridized carbons (Fsp3) is 0.600. The normalized spacial score (nSPS) is 11.6. The average Bonchev–Trinajstić information content (AvgIpc) is 2.16. The molecule has 0 bridgehead atoms. The molecule has 0 aliphatic heterocycles. The van der Waals surface area contributed by atoms with Gasteiger partial charge in [-0.15, -0.1) is 0 Å². The Balaban J connectivity index is 2.75. The van der Waals surface area contributed by atoms with Crippen molar-refractivity contribution < 1.29 is 4.74 Å². The van der Waals surface area contributed by atoms with Crippen LogP contribution in [0.15, 0.2) is 18.2 Å². The first-order valence-electron chi connectivity index (χ1n) is 6.19. The molecule has 0 aliphatic carbocycles. The Morgan fingerprint density at radius 3 is 2.38 bits per heavy atom. The number of hydrogen-bond acceptors (Lipinski definition) is 1. The maximum absolute atomic E-state index is 5.69. The van der Waals surface area contributed by atoms with Crippen LogP contribution in [0.1, 0.15) is 51.7 Å². The summed E-state index contributed by atoms with van der Waals surface area (Å²) in [6.07, 6.45) is 2.30. The molecule has 1 heteroatoms. The number of rotatable bonds is 4. The SMILES string of the molecule is CCCCOc1ccc(C(C)(C)C)c(C)c1. The van der Waals surface area contributed by atoms with Gasteiger partial charge in [-0.25, -0.2) is 0 Å². The number of benzene rings is 1. The molecule has 0 atom stereocenters. The highest BCUT2D eigenvalue weighted by atomic mass is 16.5. The van der Waals surface area contributed by atoms with Gasteiger partial charge in [0.05, 0.1) is 6.61 Å². The zero-order valence-electron chi connectivity index (χ0n) is 11.3. The smallest absolute Gasteiger partial charge is 0.119 e. The van der Waals surface area contributed by atoms with Crippen LogP contribution in [0.5, 0.6) is 5.75 Å². The summed E-state index contributed by atoms with van der Waals surface area (Å²) in [5.41, 5.74) is 2.93. The lowest BCUT2D eigenvalue weighted by Crippen LogP contribution is -2.13. The van der Waals surface area contributed by atoms with Crippen LogP contribution >= 0.6 is 0 Å². The van der Waals surface area contributed by atoms with E-state index < -0.39 is 0 Å². The van der Waals surface area contributed by atoms with Crippen molar-refractivity contribution in [2.75, 3.05) is 6.61 Å². The number of aryl methyl sites for hydroxylation is 1. The summed E-state index contributed by atoms with van der Waals surface area (Å²) in [6, 6.07) is 6.43. The highest BCUT2D eigenvalue weighted by molar-refractivity contribution is 5.38. The minimum atomic E-state index is 0.214. The lowest BCUT2D eigenvalue weighted by atomic mass is 9.84. The molecule has 0 fully saturated rings. The van der Waals surface area contributed by atoms with Gasteiger partial charge in [0.1, 0.15) is 5.75 Å². The van der Waals surface area contributed by atoms with Crippen molar-refractivity contribution in [1.29, 1.82) is 0 Å². The van der Waals surface area contributed by atoms with Crippen LogP contribution in [-0.2, 0) is 5.41 Å². The lowest BCUT2D eigenvalue weighted by Gasteiger charge is -2.22. The molecule has 0 N–H and O–H groups in total. The minimum absolute atomic E-state index is 0.214. The Morgan fingerprint density at radius 1 is 1.19 bits per heavy atom. The van der Waals surface area contributed by atoms with Gasteiger partial charge in [0, 0.05) is 0 Å². The number of unbranched alkanes of at least 4 members (excludes halogenated alkanes) is 1. The Morgan fingerprint density at radius 2 is 1.88 bits per heavy atom. The van der Waals surface area contributed by atoms with Crippen molar-refractivity contribution in [3.05, 3.63) is 29.3 Å². The second-order valence-electron chi connectivity index (χ2n) is 5.43. The predicted molar refractivity (Wildman–Crippen MR) is 70.3 cm³/mol. The van der Waals surface area contributed by atoms with Crippen LogP contribution in [-0.4, -0.2) is 6.61 Å². The first kappa shape index (κ1) is 13.1. The molecule has 16 heavy (non-hydrogen) atoms. The first-order chi connectivity index (χ1) is 7.45. The summed E-state index contributed by atoms with van der Waals surface area (Å²) in [5, 5.41) is 0. The topological polar surface area (TPSA) is 9.23 Å². The fourth-order valence-corrected chi connectivity index (χ4v) is 1.90. The van der Waals surface area contributed by atoms with Crippen LogP contribution in [0.4, 0.5) is 0 Å². The highest BCUT2D eigenvalue weighted by Crippen LogP contribution is 2.28. The Bertz CT molecular complexity index is 334. The van der Waals surface area contributed by atoms with Crippen LogP contribution in [0.25, 0.3) is 0 Å². The van der Waals surface area contributed by atoms with Gasteiger partial charge < -0.3 is 4.74 Å². The van der Waals surface area contributed by atoms with Gasteiger partial charge in [0.15, 0.2) is 0 Å². The van der Waals surface area contributed by atoms with E-state index >= 15 is 0 Å². The van der Waals surface area contributed by atoms with E-state index in [4.69, 9.17) is 4.74 Å². The van der Waals surface area contributed by atoms with E-state index in [2.05, 4.69) is 52.8 Å². The van der Waals surface area contributed by atoms with Crippen molar-refractivity contribution in [3.8, 4) is 5.75 Å². The highest BCUT2D eigenvalue weighted by Gasteiger charge is 2.16. The zero-order chi connectivity index (χ0) is 12.2. The first-order valence-corrected chi connectivity index (χ1v) is 6.19. The summed E-state index contributed by atoms with van der Waals surface area (Å²) in [5.74, 6) is 0.999. The van der Waals surface area contributed by atoms with Crippen molar-refractivity contribution in [3.63, 3.8) is 0 Å². The molecule has 0 saturated carbocycles. The van der Waals surface area contributed by atoms with Crippen molar-refractivity contribution >= 4 is 0 Å². The summed E-state index contributed by atoms with van der Waals surface area (Å²) < 4.78 is 5.69. The zero-order valence-corrected chi connectivity index (χ0v) is 11.3. The van der Waals surface area contributed by atoms with Crippen molar-refractivity contribution in [1.82, 2.24) is 0 Å². The molecule has 0 heterocycles. The third-order valence-corrected chi connectivity index (χ3v) is 2.77. The molecule has 1 nitrogen and oxygen atoms in total. The van der Waals surface area contributed by atoms with Gasteiger partial charge in [-0.3, -0.25) is 0 Å². The lowest BCUT2D eigenvalue weighted by molar-refractivity contribution is 0.309. The van der Waals surface area contributed by atoms with Crippen LogP contribution in [0.2, 0.25) is 0 Å². The van der Waals surface area contributed by atoms with E-state index in [0.29, 0.717) is 0 Å². The Labute approximate surface area is 99.8 Å². The second-order valence-corrected chi connectivity index (χ2v) is 5.43. The molecule has 0 radical (unpaired) electrons. The van der Waals surface area contributed by atoms with Crippen LogP contribution in [0, 0.1) is 6.92 Å². The quantitative estimate of drug-likeness (QED) is 0.680. The summed E-state index contributed by atoms with van der Waals surface area (Å²) in [4.78, 5) is 0. The predicted octanol–water partition coefficient (Wildman–Crippen LogP) is 4.47. The summed E-state index contributed by atoms with van der Waals surface area (Å²) >= 11 is 0. The maximum Gasteiger partial charge on any atom is 0.119 e. The Kier molecular flexibility index (Phi) is 4.40. The monoisotopic (exact) mass is 220 g/mol. The molecule has 90 valence electrons. The molecule has 1 aromatic carbocycles. The molecule has 0 aromatic heterocycles. The Hall–Kier alpha value is -0.980. The molecule has 0 unspecified atom stereocenters. The van der Waals surface area contributed by atoms with E-state index in [1.54, 1.807) is 0 Å². The van der Waals surface area contributed by atoms with Gasteiger partial charge in [-0.1, -0.05) is 40.2 Å². The number of hydrogen-bond donors (Lipinski definition) is 0. The molecule has 0 saturated heterocycles. The van der Waals surface area contributed by atoms with E-state index in [0.717, 1.165) is 18.8 Å².